The summed E-state index contributed by atoms with van der Waals surface area (Å²) in [7, 11) is 6.58. The van der Waals surface area contributed by atoms with Gasteiger partial charge in [0.1, 0.15) is 0 Å². The molecular formula is C16H25Br2N3. The third kappa shape index (κ3) is 3.70. The highest BCUT2D eigenvalue weighted by Gasteiger charge is 2.40. The van der Waals surface area contributed by atoms with Gasteiger partial charge in [0.25, 0.3) is 0 Å². The van der Waals surface area contributed by atoms with Crippen LogP contribution in [-0.4, -0.2) is 49.6 Å². The molecule has 1 saturated carbocycles. The van der Waals surface area contributed by atoms with Crippen LogP contribution in [0.1, 0.15) is 30.9 Å². The van der Waals surface area contributed by atoms with E-state index in [9.17, 15) is 0 Å². The van der Waals surface area contributed by atoms with E-state index >= 15 is 0 Å². The van der Waals surface area contributed by atoms with Crippen molar-refractivity contribution >= 4 is 31.9 Å². The summed E-state index contributed by atoms with van der Waals surface area (Å²) >= 11 is 7.11. The number of hydrogen-bond acceptors (Lipinski definition) is 3. The highest BCUT2D eigenvalue weighted by molar-refractivity contribution is 9.13. The van der Waals surface area contributed by atoms with E-state index in [0.717, 1.165) is 15.5 Å². The van der Waals surface area contributed by atoms with E-state index in [1.54, 1.807) is 0 Å². The average Bonchev–Trinajstić information content (AvgIpc) is 2.38. The Labute approximate surface area is 145 Å². The van der Waals surface area contributed by atoms with Crippen molar-refractivity contribution < 1.29 is 0 Å². The lowest BCUT2D eigenvalue weighted by molar-refractivity contribution is 0.0168. The van der Waals surface area contributed by atoms with Crippen LogP contribution in [-0.2, 0) is 0 Å². The largest absolute Gasteiger partial charge is 0.329 e. The molecule has 1 aliphatic rings. The summed E-state index contributed by atoms with van der Waals surface area (Å²) in [6.07, 6.45) is 3.90. The first-order valence-corrected chi connectivity index (χ1v) is 9.01. The van der Waals surface area contributed by atoms with E-state index in [1.807, 2.05) is 0 Å². The molecule has 1 aromatic rings. The van der Waals surface area contributed by atoms with Crippen molar-refractivity contribution in [2.45, 2.75) is 30.8 Å². The molecule has 1 aromatic carbocycles. The summed E-state index contributed by atoms with van der Waals surface area (Å²) in [5, 5.41) is 0. The molecule has 1 aliphatic carbocycles. The molecule has 0 radical (unpaired) electrons. The van der Waals surface area contributed by atoms with E-state index in [0.29, 0.717) is 12.1 Å². The molecule has 118 valence electrons. The van der Waals surface area contributed by atoms with E-state index in [2.05, 4.69) is 81.0 Å². The van der Waals surface area contributed by atoms with Crippen LogP contribution in [0.3, 0.4) is 0 Å². The Balaban J connectivity index is 2.14. The maximum absolute atomic E-state index is 6.07. The van der Waals surface area contributed by atoms with Gasteiger partial charge in [-0.1, -0.05) is 6.07 Å². The zero-order valence-electron chi connectivity index (χ0n) is 13.1. The fourth-order valence-electron chi connectivity index (χ4n) is 3.20. The van der Waals surface area contributed by atoms with Gasteiger partial charge < -0.3 is 10.6 Å². The summed E-state index contributed by atoms with van der Waals surface area (Å²) in [6.45, 7) is 1.70. The monoisotopic (exact) mass is 417 g/mol. The molecule has 5 heteroatoms. The normalized spacial score (nSPS) is 18.9. The average molecular weight is 419 g/mol. The number of rotatable bonds is 6. The Morgan fingerprint density at radius 3 is 2.29 bits per heavy atom. The number of nitrogens with two attached hydrogens (primary N) is 1. The Kier molecular flexibility index (Phi) is 5.88. The van der Waals surface area contributed by atoms with Gasteiger partial charge in [-0.2, -0.15) is 0 Å². The molecule has 0 spiro atoms. The molecular weight excluding hydrogens is 394 g/mol. The van der Waals surface area contributed by atoms with Gasteiger partial charge in [0.05, 0.1) is 0 Å². The molecule has 21 heavy (non-hydrogen) atoms. The van der Waals surface area contributed by atoms with Gasteiger partial charge >= 0.3 is 0 Å². The molecule has 1 unspecified atom stereocenters. The molecule has 0 heterocycles. The van der Waals surface area contributed by atoms with Crippen LogP contribution < -0.4 is 5.73 Å². The third-order valence-electron chi connectivity index (χ3n) is 4.86. The van der Waals surface area contributed by atoms with Gasteiger partial charge in [-0.25, -0.2) is 0 Å². The standard InChI is InChI=1S/C16H25Br2N3/c1-20(2)16(7-4-8-16)11-21(3)15(10-19)12-5-6-13(17)14(18)9-12/h5-6,9,15H,4,7-8,10-11,19H2,1-3H3. The molecule has 0 aromatic heterocycles. The number of likely N-dealkylation sites (N-methyl/N-ethyl adjacent to an activating group) is 2. The van der Waals surface area contributed by atoms with Crippen LogP contribution in [0.4, 0.5) is 0 Å². The Bertz CT molecular complexity index is 486. The molecule has 0 saturated heterocycles. The van der Waals surface area contributed by atoms with Crippen molar-refractivity contribution in [3.8, 4) is 0 Å². The van der Waals surface area contributed by atoms with E-state index in [4.69, 9.17) is 5.73 Å². The van der Waals surface area contributed by atoms with Crippen LogP contribution in [0.25, 0.3) is 0 Å². The first-order chi connectivity index (χ1) is 9.89. The molecule has 1 fully saturated rings. The minimum atomic E-state index is 0.256. The number of benzene rings is 1. The van der Waals surface area contributed by atoms with Crippen molar-refractivity contribution in [1.82, 2.24) is 9.80 Å². The van der Waals surface area contributed by atoms with Crippen molar-refractivity contribution in [2.24, 2.45) is 5.73 Å². The number of halogens is 2. The Morgan fingerprint density at radius 2 is 1.86 bits per heavy atom. The molecule has 0 bridgehead atoms. The molecule has 2 rings (SSSR count). The minimum absolute atomic E-state index is 0.256. The van der Waals surface area contributed by atoms with Gasteiger partial charge in [-0.3, -0.25) is 4.90 Å². The second-order valence-corrected chi connectivity index (χ2v) is 8.02. The van der Waals surface area contributed by atoms with Crippen molar-refractivity contribution in [3.05, 3.63) is 32.7 Å². The van der Waals surface area contributed by atoms with E-state index < -0.39 is 0 Å². The lowest BCUT2D eigenvalue weighted by Gasteiger charge is -2.50. The number of hydrogen-bond donors (Lipinski definition) is 1. The van der Waals surface area contributed by atoms with Gasteiger partial charge in [0.2, 0.25) is 0 Å². The maximum Gasteiger partial charge on any atom is 0.0468 e. The van der Waals surface area contributed by atoms with Gasteiger partial charge in [-0.15, -0.1) is 0 Å². The van der Waals surface area contributed by atoms with Crippen molar-refractivity contribution in [3.63, 3.8) is 0 Å². The third-order valence-corrected chi connectivity index (χ3v) is 6.74. The maximum atomic E-state index is 6.07. The zero-order valence-corrected chi connectivity index (χ0v) is 16.2. The Morgan fingerprint density at radius 1 is 1.19 bits per heavy atom. The van der Waals surface area contributed by atoms with Gasteiger partial charge in [0.15, 0.2) is 0 Å². The van der Waals surface area contributed by atoms with Crippen molar-refractivity contribution in [2.75, 3.05) is 34.2 Å². The predicted molar refractivity (Wildman–Crippen MR) is 96.5 cm³/mol. The zero-order chi connectivity index (χ0) is 15.6. The summed E-state index contributed by atoms with van der Waals surface area (Å²) in [6, 6.07) is 6.67. The fraction of sp³-hybridized carbons (Fsp3) is 0.625. The van der Waals surface area contributed by atoms with Gasteiger partial charge in [0, 0.05) is 33.6 Å². The van der Waals surface area contributed by atoms with Crippen LogP contribution >= 0.6 is 31.9 Å². The molecule has 3 nitrogen and oxygen atoms in total. The summed E-state index contributed by atoms with van der Waals surface area (Å²) in [4.78, 5) is 4.80. The van der Waals surface area contributed by atoms with E-state index in [1.165, 1.54) is 24.8 Å². The highest BCUT2D eigenvalue weighted by atomic mass is 79.9. The summed E-state index contributed by atoms with van der Waals surface area (Å²) < 4.78 is 2.16. The lowest BCUT2D eigenvalue weighted by atomic mass is 9.75. The van der Waals surface area contributed by atoms with Crippen LogP contribution in [0.2, 0.25) is 0 Å². The summed E-state index contributed by atoms with van der Waals surface area (Å²) in [5.41, 5.74) is 7.66. The predicted octanol–water partition coefficient (Wildman–Crippen LogP) is 3.63. The summed E-state index contributed by atoms with van der Waals surface area (Å²) in [5.74, 6) is 0. The van der Waals surface area contributed by atoms with Crippen molar-refractivity contribution in [1.29, 1.82) is 0 Å². The van der Waals surface area contributed by atoms with Crippen LogP contribution in [0.15, 0.2) is 27.1 Å². The lowest BCUT2D eigenvalue weighted by Crippen LogP contribution is -2.57. The highest BCUT2D eigenvalue weighted by Crippen LogP contribution is 2.38. The quantitative estimate of drug-likeness (QED) is 0.765. The molecule has 2 N–H and O–H groups in total. The van der Waals surface area contributed by atoms with E-state index in [-0.39, 0.29) is 6.04 Å². The molecule has 0 amide bonds. The van der Waals surface area contributed by atoms with Gasteiger partial charge in [-0.05, 0) is 90.0 Å². The first kappa shape index (κ1) is 17.4. The molecule has 0 aliphatic heterocycles. The SMILES string of the molecule is CN(CC1(N(C)C)CCC1)C(CN)c1ccc(Br)c(Br)c1. The number of nitrogens with zero attached hydrogens (tertiary/aromatic N) is 2. The second-order valence-electron chi connectivity index (χ2n) is 6.31. The van der Waals surface area contributed by atoms with Crippen LogP contribution in [0.5, 0.6) is 0 Å². The topological polar surface area (TPSA) is 32.5 Å². The molecule has 1 atom stereocenters. The fourth-order valence-corrected chi connectivity index (χ4v) is 3.84. The smallest absolute Gasteiger partial charge is 0.0468 e. The first-order valence-electron chi connectivity index (χ1n) is 7.42. The Hall–Kier alpha value is 0.0600. The van der Waals surface area contributed by atoms with Crippen LogP contribution in [0, 0.1) is 0 Å². The second kappa shape index (κ2) is 7.09. The minimum Gasteiger partial charge on any atom is -0.329 e.